The van der Waals surface area contributed by atoms with E-state index in [1.54, 1.807) is 0 Å². The second-order valence-electron chi connectivity index (χ2n) is 4.52. The van der Waals surface area contributed by atoms with E-state index in [2.05, 4.69) is 5.32 Å². The number of carbonyl (C=O) groups excluding carboxylic acids is 1. The van der Waals surface area contributed by atoms with Gasteiger partial charge in [0, 0.05) is 19.2 Å². The third kappa shape index (κ3) is 3.34. The number of hydrogen-bond donors (Lipinski definition) is 2. The number of amides is 1. The topological polar surface area (TPSA) is 64.3 Å². The molecule has 2 fully saturated rings. The number of carbonyl (C=O) groups is 1. The fourth-order valence-electron chi connectivity index (χ4n) is 2.00. The van der Waals surface area contributed by atoms with Crippen LogP contribution in [0, 0.1) is 11.8 Å². The van der Waals surface area contributed by atoms with Gasteiger partial charge in [0.1, 0.15) is 0 Å². The van der Waals surface area contributed by atoms with Gasteiger partial charge in [-0.2, -0.15) is 0 Å². The van der Waals surface area contributed by atoms with Crippen LogP contribution in [0.2, 0.25) is 0 Å². The molecule has 0 aromatic rings. The van der Waals surface area contributed by atoms with Crippen LogP contribution in [0.25, 0.3) is 0 Å². The third-order valence-corrected chi connectivity index (χ3v) is 3.22. The van der Waals surface area contributed by atoms with E-state index < -0.39 is 0 Å². The van der Waals surface area contributed by atoms with Crippen LogP contribution in [-0.2, 0) is 9.53 Å². The first kappa shape index (κ1) is 13.7. The van der Waals surface area contributed by atoms with Gasteiger partial charge in [0.2, 0.25) is 5.91 Å². The van der Waals surface area contributed by atoms with Gasteiger partial charge in [0.25, 0.3) is 0 Å². The predicted octanol–water partition coefficient (Wildman–Crippen LogP) is 0.687. The first-order valence-corrected chi connectivity index (χ1v) is 5.88. The minimum absolute atomic E-state index is 0. The molecule has 3 atom stereocenters. The van der Waals surface area contributed by atoms with E-state index >= 15 is 0 Å². The van der Waals surface area contributed by atoms with Crippen molar-refractivity contribution in [3.05, 3.63) is 0 Å². The molecule has 2 saturated carbocycles. The summed E-state index contributed by atoms with van der Waals surface area (Å²) in [6.07, 6.45) is 3.46. The van der Waals surface area contributed by atoms with Gasteiger partial charge >= 0.3 is 0 Å². The van der Waals surface area contributed by atoms with Gasteiger partial charge in [-0.15, -0.1) is 12.4 Å². The molecule has 0 aromatic carbocycles. The van der Waals surface area contributed by atoms with Crippen molar-refractivity contribution in [2.75, 3.05) is 13.2 Å². The Bertz CT molecular complexity index is 246. The van der Waals surface area contributed by atoms with Crippen molar-refractivity contribution in [3.63, 3.8) is 0 Å². The molecule has 0 radical (unpaired) electrons. The summed E-state index contributed by atoms with van der Waals surface area (Å²) in [6.45, 7) is 3.21. The highest BCUT2D eigenvalue weighted by Gasteiger charge is 2.45. The van der Waals surface area contributed by atoms with Crippen molar-refractivity contribution in [3.8, 4) is 0 Å². The highest BCUT2D eigenvalue weighted by molar-refractivity contribution is 5.85. The van der Waals surface area contributed by atoms with E-state index in [9.17, 15) is 4.79 Å². The highest BCUT2D eigenvalue weighted by Crippen LogP contribution is 2.36. The van der Waals surface area contributed by atoms with Crippen molar-refractivity contribution in [1.29, 1.82) is 0 Å². The van der Waals surface area contributed by atoms with Crippen LogP contribution < -0.4 is 11.1 Å². The fourth-order valence-corrected chi connectivity index (χ4v) is 2.00. The Kier molecular flexibility index (Phi) is 5.02. The average molecular weight is 249 g/mol. The molecule has 0 bridgehead atoms. The Hall–Kier alpha value is -0.320. The van der Waals surface area contributed by atoms with E-state index in [0.29, 0.717) is 19.1 Å². The minimum atomic E-state index is 0. The van der Waals surface area contributed by atoms with Crippen LogP contribution in [0.1, 0.15) is 26.2 Å². The lowest BCUT2D eigenvalue weighted by Crippen LogP contribution is -2.42. The number of nitrogens with one attached hydrogen (secondary N) is 1. The van der Waals surface area contributed by atoms with Gasteiger partial charge in [-0.05, 0) is 32.1 Å². The lowest BCUT2D eigenvalue weighted by atomic mass is 10.2. The second-order valence-corrected chi connectivity index (χ2v) is 4.52. The van der Waals surface area contributed by atoms with Gasteiger partial charge in [0.05, 0.1) is 12.0 Å². The molecule has 2 aliphatic carbocycles. The normalized spacial score (nSPS) is 29.1. The summed E-state index contributed by atoms with van der Waals surface area (Å²) < 4.78 is 5.39. The standard InChI is InChI=1S/C11H20N2O2.ClH/c1-2-15-10-5-8(10)11(14)13-9(6-12)7-3-4-7;/h7-10H,2-6,12H2,1H3,(H,13,14);1H. The summed E-state index contributed by atoms with van der Waals surface area (Å²) in [5, 5.41) is 3.04. The molecule has 2 aliphatic rings. The van der Waals surface area contributed by atoms with Gasteiger partial charge in [-0.1, -0.05) is 0 Å². The number of rotatable bonds is 6. The Labute approximate surface area is 103 Å². The van der Waals surface area contributed by atoms with E-state index in [4.69, 9.17) is 10.5 Å². The quantitative estimate of drug-likeness (QED) is 0.727. The van der Waals surface area contributed by atoms with E-state index in [1.807, 2.05) is 6.92 Å². The molecular formula is C11H21ClN2O2. The summed E-state index contributed by atoms with van der Waals surface area (Å²) in [5.74, 6) is 0.844. The molecule has 94 valence electrons. The number of halogens is 1. The van der Waals surface area contributed by atoms with Crippen LogP contribution in [0.15, 0.2) is 0 Å². The van der Waals surface area contributed by atoms with Crippen molar-refractivity contribution in [2.24, 2.45) is 17.6 Å². The SMILES string of the molecule is CCOC1CC1C(=O)NC(CN)C1CC1.Cl. The van der Waals surface area contributed by atoms with E-state index in [0.717, 1.165) is 6.42 Å². The van der Waals surface area contributed by atoms with Gasteiger partial charge in [-0.25, -0.2) is 0 Å². The predicted molar refractivity (Wildman–Crippen MR) is 64.5 cm³/mol. The Morgan fingerprint density at radius 2 is 2.25 bits per heavy atom. The zero-order chi connectivity index (χ0) is 10.8. The second kappa shape index (κ2) is 5.84. The summed E-state index contributed by atoms with van der Waals surface area (Å²) in [4.78, 5) is 11.7. The van der Waals surface area contributed by atoms with E-state index in [1.165, 1.54) is 12.8 Å². The Morgan fingerprint density at radius 1 is 1.56 bits per heavy atom. The highest BCUT2D eigenvalue weighted by atomic mass is 35.5. The van der Waals surface area contributed by atoms with Crippen LogP contribution in [0.4, 0.5) is 0 Å². The van der Waals surface area contributed by atoms with Crippen molar-refractivity contribution in [2.45, 2.75) is 38.3 Å². The van der Waals surface area contributed by atoms with Gasteiger partial charge < -0.3 is 15.8 Å². The zero-order valence-corrected chi connectivity index (χ0v) is 10.5. The fraction of sp³-hybridized carbons (Fsp3) is 0.909. The molecule has 0 aromatic heterocycles. The van der Waals surface area contributed by atoms with Crippen molar-refractivity contribution < 1.29 is 9.53 Å². The van der Waals surface area contributed by atoms with Crippen LogP contribution >= 0.6 is 12.4 Å². The molecule has 16 heavy (non-hydrogen) atoms. The van der Waals surface area contributed by atoms with Gasteiger partial charge in [-0.3, -0.25) is 4.79 Å². The minimum Gasteiger partial charge on any atom is -0.378 e. The molecule has 2 rings (SSSR count). The maximum absolute atomic E-state index is 11.7. The largest absolute Gasteiger partial charge is 0.378 e. The van der Waals surface area contributed by atoms with E-state index in [-0.39, 0.29) is 36.4 Å². The average Bonchev–Trinajstić information content (AvgIpc) is 3.06. The van der Waals surface area contributed by atoms with Gasteiger partial charge in [0.15, 0.2) is 0 Å². The van der Waals surface area contributed by atoms with Crippen LogP contribution in [-0.4, -0.2) is 31.2 Å². The summed E-state index contributed by atoms with van der Waals surface area (Å²) in [6, 6.07) is 0.195. The number of nitrogens with two attached hydrogens (primary N) is 1. The molecule has 5 heteroatoms. The molecular weight excluding hydrogens is 228 g/mol. The summed E-state index contributed by atoms with van der Waals surface area (Å²) >= 11 is 0. The Morgan fingerprint density at radius 3 is 2.75 bits per heavy atom. The molecule has 3 N–H and O–H groups in total. The Balaban J connectivity index is 0.00000128. The van der Waals surface area contributed by atoms with Crippen molar-refractivity contribution in [1.82, 2.24) is 5.32 Å². The molecule has 0 saturated heterocycles. The maximum Gasteiger partial charge on any atom is 0.226 e. The lowest BCUT2D eigenvalue weighted by Gasteiger charge is -2.15. The lowest BCUT2D eigenvalue weighted by molar-refractivity contribution is -0.124. The molecule has 4 nitrogen and oxygen atoms in total. The maximum atomic E-state index is 11.7. The molecule has 3 unspecified atom stereocenters. The first-order chi connectivity index (χ1) is 7.26. The number of hydrogen-bond acceptors (Lipinski definition) is 3. The summed E-state index contributed by atoms with van der Waals surface area (Å²) in [5.41, 5.74) is 5.63. The molecule has 0 aliphatic heterocycles. The number of ether oxygens (including phenoxy) is 1. The van der Waals surface area contributed by atoms with Crippen LogP contribution in [0.5, 0.6) is 0 Å². The third-order valence-electron chi connectivity index (χ3n) is 3.22. The zero-order valence-electron chi connectivity index (χ0n) is 9.65. The monoisotopic (exact) mass is 248 g/mol. The van der Waals surface area contributed by atoms with Crippen LogP contribution in [0.3, 0.4) is 0 Å². The molecule has 0 spiro atoms. The summed E-state index contributed by atoms with van der Waals surface area (Å²) in [7, 11) is 0. The molecule has 0 heterocycles. The van der Waals surface area contributed by atoms with Crippen molar-refractivity contribution >= 4 is 18.3 Å². The molecule has 1 amide bonds. The smallest absolute Gasteiger partial charge is 0.226 e. The first-order valence-electron chi connectivity index (χ1n) is 5.88.